The van der Waals surface area contributed by atoms with Crippen LogP contribution in [0.25, 0.3) is 10.9 Å². The summed E-state index contributed by atoms with van der Waals surface area (Å²) in [5.41, 5.74) is 0.611. The molecule has 0 N–H and O–H groups in total. The lowest BCUT2D eigenvalue weighted by molar-refractivity contribution is -0.666. The minimum absolute atomic E-state index is 0.426. The van der Waals surface area contributed by atoms with E-state index >= 15 is 0 Å². The van der Waals surface area contributed by atoms with Gasteiger partial charge in [-0.25, -0.2) is 0 Å². The molecule has 0 bridgehead atoms. The average Bonchev–Trinajstić information content (AvgIpc) is 2.04. The molecule has 3 nitrogen and oxygen atoms in total. The largest absolute Gasteiger partial charge is 0.594 e. The Morgan fingerprint density at radius 2 is 2.08 bits per heavy atom. The predicted octanol–water partition coefficient (Wildman–Crippen LogP) is 1.52. The van der Waals surface area contributed by atoms with E-state index in [1.54, 1.807) is 6.07 Å². The lowest BCUT2D eigenvalue weighted by Crippen LogP contribution is -2.30. The molecule has 0 saturated heterocycles. The smallest absolute Gasteiger partial charge is 0.229 e. The third kappa shape index (κ3) is 1.08. The fourth-order valence-corrected chi connectivity index (χ4v) is 1.31. The summed E-state index contributed by atoms with van der Waals surface area (Å²) in [5.74, 6) is 0. The van der Waals surface area contributed by atoms with Gasteiger partial charge in [0.15, 0.2) is 0 Å². The number of halogens is 1. The maximum atomic E-state index is 10.8. The zero-order valence-electron chi connectivity index (χ0n) is 6.07. The molecule has 0 aliphatic heterocycles. The first kappa shape index (κ1) is 7.31. The van der Waals surface area contributed by atoms with Gasteiger partial charge in [-0.1, -0.05) is 34.6 Å². The lowest BCUT2D eigenvalue weighted by atomic mass is 10.2. The van der Waals surface area contributed by atoms with E-state index < -0.39 is 0 Å². The molecule has 2 rings (SSSR count). The van der Waals surface area contributed by atoms with E-state index in [0.29, 0.717) is 15.4 Å². The van der Waals surface area contributed by atoms with Crippen LogP contribution in [0.1, 0.15) is 0 Å². The van der Waals surface area contributed by atoms with E-state index in [9.17, 15) is 5.21 Å². The van der Waals surface area contributed by atoms with E-state index in [1.165, 1.54) is 6.20 Å². The molecule has 0 saturated carbocycles. The summed E-state index contributed by atoms with van der Waals surface area (Å²) in [7, 11) is 0. The lowest BCUT2D eigenvalue weighted by Gasteiger charge is -1.97. The third-order valence-corrected chi connectivity index (χ3v) is 1.89. The molecule has 1 aromatic carbocycles. The minimum Gasteiger partial charge on any atom is -0.594 e. The Morgan fingerprint density at radius 3 is 2.92 bits per heavy atom. The van der Waals surface area contributed by atoms with Crippen LogP contribution in [-0.2, 0) is 0 Å². The molecule has 1 aromatic heterocycles. The quantitative estimate of drug-likeness (QED) is 0.456. The zero-order valence-corrected chi connectivity index (χ0v) is 6.82. The number of rotatable bonds is 0. The normalized spacial score (nSPS) is 10.4. The molecule has 12 heavy (non-hydrogen) atoms. The third-order valence-electron chi connectivity index (χ3n) is 1.59. The first-order chi connectivity index (χ1) is 5.77. The highest BCUT2D eigenvalue weighted by Gasteiger charge is 2.04. The number of fused-ring (bicyclic) bond motifs is 1. The SMILES string of the molecule is [O-][n+]1cc(Cl)c2ccccc2n1. The van der Waals surface area contributed by atoms with Crippen LogP contribution in [-0.4, -0.2) is 5.10 Å². The van der Waals surface area contributed by atoms with Crippen molar-refractivity contribution in [2.24, 2.45) is 0 Å². The number of hydrogen-bond donors (Lipinski definition) is 0. The number of hydrogen-bond acceptors (Lipinski definition) is 2. The summed E-state index contributed by atoms with van der Waals surface area (Å²) in [6.45, 7) is 0. The van der Waals surface area contributed by atoms with Crippen molar-refractivity contribution in [3.8, 4) is 0 Å². The first-order valence-electron chi connectivity index (χ1n) is 3.42. The van der Waals surface area contributed by atoms with Crippen LogP contribution >= 0.6 is 11.6 Å². The standard InChI is InChI=1S/C8H5ClN2O/c9-7-5-11(12)10-8-4-2-1-3-6(7)8/h1-5H. The molecule has 2 aromatic rings. The van der Waals surface area contributed by atoms with Crippen LogP contribution in [0.15, 0.2) is 30.5 Å². The zero-order chi connectivity index (χ0) is 8.55. The summed E-state index contributed by atoms with van der Waals surface area (Å²) >= 11 is 5.80. The molecule has 0 unspecified atom stereocenters. The molecule has 1 heterocycles. The Balaban J connectivity index is 2.89. The van der Waals surface area contributed by atoms with Crippen molar-refractivity contribution in [1.29, 1.82) is 0 Å². The fourth-order valence-electron chi connectivity index (χ4n) is 1.06. The van der Waals surface area contributed by atoms with Gasteiger partial charge in [0.25, 0.3) is 0 Å². The number of nitrogens with zero attached hydrogens (tertiary/aromatic N) is 2. The van der Waals surface area contributed by atoms with Gasteiger partial charge in [0.1, 0.15) is 10.5 Å². The number of benzene rings is 1. The fraction of sp³-hybridized carbons (Fsp3) is 0. The van der Waals surface area contributed by atoms with Crippen molar-refractivity contribution in [1.82, 2.24) is 5.10 Å². The van der Waals surface area contributed by atoms with Gasteiger partial charge in [0, 0.05) is 10.5 Å². The molecule has 4 heteroatoms. The van der Waals surface area contributed by atoms with Gasteiger partial charge < -0.3 is 5.21 Å². The molecule has 0 atom stereocenters. The molecule has 60 valence electrons. The average molecular weight is 181 g/mol. The van der Waals surface area contributed by atoms with E-state index in [1.807, 2.05) is 18.2 Å². The highest BCUT2D eigenvalue weighted by molar-refractivity contribution is 6.34. The van der Waals surface area contributed by atoms with E-state index in [2.05, 4.69) is 5.10 Å². The van der Waals surface area contributed by atoms with E-state index in [4.69, 9.17) is 11.6 Å². The first-order valence-corrected chi connectivity index (χ1v) is 3.80. The maximum absolute atomic E-state index is 10.8. The molecule has 0 radical (unpaired) electrons. The molecule has 0 spiro atoms. The summed E-state index contributed by atoms with van der Waals surface area (Å²) in [6.07, 6.45) is 1.24. The topological polar surface area (TPSA) is 39.8 Å². The Morgan fingerprint density at radius 1 is 1.33 bits per heavy atom. The summed E-state index contributed by atoms with van der Waals surface area (Å²) < 4.78 is 0. The Bertz CT molecular complexity index is 430. The summed E-state index contributed by atoms with van der Waals surface area (Å²) in [6, 6.07) is 7.23. The molecular formula is C8H5ClN2O. The van der Waals surface area contributed by atoms with Crippen molar-refractivity contribution in [3.63, 3.8) is 0 Å². The Labute approximate surface area is 73.8 Å². The molecular weight excluding hydrogens is 176 g/mol. The highest BCUT2D eigenvalue weighted by Crippen LogP contribution is 2.18. The Kier molecular flexibility index (Phi) is 1.59. The molecule has 0 aliphatic rings. The van der Waals surface area contributed by atoms with Crippen molar-refractivity contribution in [3.05, 3.63) is 40.7 Å². The van der Waals surface area contributed by atoms with E-state index in [0.717, 1.165) is 5.39 Å². The van der Waals surface area contributed by atoms with Crippen molar-refractivity contribution in [2.75, 3.05) is 0 Å². The van der Waals surface area contributed by atoms with Crippen molar-refractivity contribution >= 4 is 22.5 Å². The molecule has 0 fully saturated rings. The van der Waals surface area contributed by atoms with Gasteiger partial charge in [-0.2, -0.15) is 0 Å². The second kappa shape index (κ2) is 2.60. The van der Waals surface area contributed by atoms with Crippen molar-refractivity contribution < 1.29 is 4.85 Å². The highest BCUT2D eigenvalue weighted by atomic mass is 35.5. The molecule has 0 aliphatic carbocycles. The summed E-state index contributed by atoms with van der Waals surface area (Å²) in [4.78, 5) is 0.463. The van der Waals surface area contributed by atoms with Gasteiger partial charge in [0.2, 0.25) is 6.20 Å². The maximum Gasteiger partial charge on any atom is 0.229 e. The van der Waals surface area contributed by atoms with Gasteiger partial charge in [-0.3, -0.25) is 0 Å². The predicted molar refractivity (Wildman–Crippen MR) is 45.7 cm³/mol. The van der Waals surface area contributed by atoms with Crippen LogP contribution in [0.3, 0.4) is 0 Å². The van der Waals surface area contributed by atoms with Gasteiger partial charge in [-0.15, -0.1) is 0 Å². The molecule has 0 amide bonds. The minimum atomic E-state index is 0.426. The number of aromatic nitrogens is 2. The van der Waals surface area contributed by atoms with Gasteiger partial charge >= 0.3 is 0 Å². The van der Waals surface area contributed by atoms with E-state index in [-0.39, 0.29) is 0 Å². The second-order valence-electron chi connectivity index (χ2n) is 2.40. The van der Waals surface area contributed by atoms with Crippen molar-refractivity contribution in [2.45, 2.75) is 0 Å². The Hall–Kier alpha value is -1.35. The van der Waals surface area contributed by atoms with Crippen LogP contribution < -0.4 is 4.85 Å². The van der Waals surface area contributed by atoms with Crippen LogP contribution in [0.2, 0.25) is 5.02 Å². The monoisotopic (exact) mass is 180 g/mol. The van der Waals surface area contributed by atoms with Crippen LogP contribution in [0, 0.1) is 5.21 Å². The van der Waals surface area contributed by atoms with Gasteiger partial charge in [-0.05, 0) is 6.07 Å². The van der Waals surface area contributed by atoms with Crippen LogP contribution in [0.5, 0.6) is 0 Å². The second-order valence-corrected chi connectivity index (χ2v) is 2.80. The van der Waals surface area contributed by atoms with Crippen LogP contribution in [0.4, 0.5) is 0 Å². The summed E-state index contributed by atoms with van der Waals surface area (Å²) in [5, 5.41) is 15.8. The van der Waals surface area contributed by atoms with Gasteiger partial charge in [0.05, 0.1) is 0 Å².